The molecule has 0 heterocycles. The summed E-state index contributed by atoms with van der Waals surface area (Å²) in [5.74, 6) is -1.57. The number of hydrogen-bond donors (Lipinski definition) is 4. The van der Waals surface area contributed by atoms with E-state index in [4.69, 9.17) is 32.3 Å². The average molecular weight is 1790 g/mol. The third kappa shape index (κ3) is 99.1. The first-order valence-electron chi connectivity index (χ1n) is 50.1. The van der Waals surface area contributed by atoms with Gasteiger partial charge >= 0.3 is 33.6 Å². The zero-order chi connectivity index (χ0) is 90.7. The summed E-state index contributed by atoms with van der Waals surface area (Å²) in [6.07, 6.45) is 129. The summed E-state index contributed by atoms with van der Waals surface area (Å²) < 4.78 is 61.7. The molecule has 0 rings (SSSR count). The minimum atomic E-state index is -4.95. The Balaban J connectivity index is 4.59. The number of carbonyl (C=O) groups is 3. The van der Waals surface area contributed by atoms with Crippen molar-refractivity contribution in [2.75, 3.05) is 39.6 Å². The molecule has 0 aliphatic carbocycles. The van der Waals surface area contributed by atoms with Crippen LogP contribution in [0, 0.1) is 0 Å². The summed E-state index contributed by atoms with van der Waals surface area (Å²) in [6.45, 7) is 2.40. The Labute approximate surface area is 764 Å². The molecule has 4 N–H and O–H groups in total. The van der Waals surface area contributed by atoms with Crippen molar-refractivity contribution in [2.24, 2.45) is 0 Å². The van der Waals surface area contributed by atoms with Crippen LogP contribution in [0.15, 0.2) is 182 Å². The lowest BCUT2D eigenvalue weighted by Gasteiger charge is -2.21. The molecule has 0 fully saturated rings. The molecule has 0 aromatic rings. The lowest BCUT2D eigenvalue weighted by Crippen LogP contribution is -2.30. The fourth-order valence-corrected chi connectivity index (χ4v) is 15.2. The number of rotatable bonds is 94. The molecule has 0 aliphatic rings. The molecule has 0 aliphatic heterocycles. The monoisotopic (exact) mass is 1790 g/mol. The maximum atomic E-state index is 13.1. The van der Waals surface area contributed by atoms with Crippen LogP contribution in [0.1, 0.15) is 419 Å². The van der Waals surface area contributed by atoms with E-state index < -0.39 is 91.5 Å². The van der Waals surface area contributed by atoms with Crippen molar-refractivity contribution in [3.8, 4) is 0 Å². The van der Waals surface area contributed by atoms with E-state index in [-0.39, 0.29) is 19.3 Å². The van der Waals surface area contributed by atoms with Crippen LogP contribution in [-0.2, 0) is 55.8 Å². The lowest BCUT2D eigenvalue weighted by atomic mass is 10.0. The molecule has 5 atom stereocenters. The summed E-state index contributed by atoms with van der Waals surface area (Å²) in [4.78, 5) is 59.2. The van der Waals surface area contributed by atoms with Gasteiger partial charge in [0.05, 0.1) is 26.4 Å². The Morgan fingerprint density at radius 3 is 0.632 bits per heavy atom. The molecule has 0 saturated heterocycles. The summed E-state index contributed by atoms with van der Waals surface area (Å²) in [7, 11) is -9.82. The Morgan fingerprint density at radius 2 is 0.400 bits per heavy atom. The molecule has 16 nitrogen and oxygen atoms in total. The number of ether oxygens (including phenoxy) is 3. The van der Waals surface area contributed by atoms with Crippen LogP contribution in [0.25, 0.3) is 0 Å². The minimum Gasteiger partial charge on any atom is -0.463 e. The van der Waals surface area contributed by atoms with Gasteiger partial charge in [0.15, 0.2) is 6.10 Å². The van der Waals surface area contributed by atoms with Gasteiger partial charge in [0.1, 0.15) is 25.4 Å². The van der Waals surface area contributed by atoms with Crippen molar-refractivity contribution in [3.63, 3.8) is 0 Å². The van der Waals surface area contributed by atoms with Crippen LogP contribution in [0.4, 0.5) is 0 Å². The van der Waals surface area contributed by atoms with Crippen molar-refractivity contribution >= 4 is 33.6 Å². The van der Waals surface area contributed by atoms with E-state index in [1.807, 2.05) is 0 Å². The van der Waals surface area contributed by atoms with Gasteiger partial charge in [-0.2, -0.15) is 0 Å². The topological polar surface area (TPSA) is 231 Å². The fourth-order valence-electron chi connectivity index (χ4n) is 13.7. The van der Waals surface area contributed by atoms with Crippen molar-refractivity contribution in [2.45, 2.75) is 437 Å². The number of phosphoric ester groups is 2. The summed E-state index contributed by atoms with van der Waals surface area (Å²) in [6, 6.07) is 0. The van der Waals surface area contributed by atoms with Gasteiger partial charge in [-0.25, -0.2) is 9.13 Å². The van der Waals surface area contributed by atoms with Gasteiger partial charge in [-0.3, -0.25) is 32.5 Å². The number of allylic oxidation sites excluding steroid dienone is 30. The highest BCUT2D eigenvalue weighted by Crippen LogP contribution is 2.45. The lowest BCUT2D eigenvalue weighted by molar-refractivity contribution is -0.161. The fraction of sp³-hybridized carbons (Fsp3) is 0.692. The van der Waals surface area contributed by atoms with Crippen LogP contribution in [-0.4, -0.2) is 95.9 Å². The molecular weight excluding hydrogens is 1600 g/mol. The van der Waals surface area contributed by atoms with E-state index in [9.17, 15) is 43.5 Å². The Kier molecular flexibility index (Phi) is 93.5. The zero-order valence-electron chi connectivity index (χ0n) is 79.2. The average Bonchev–Trinajstić information content (AvgIpc) is 0.902. The quantitative estimate of drug-likeness (QED) is 0.0146. The highest BCUT2D eigenvalue weighted by Gasteiger charge is 2.30. The molecule has 0 aromatic carbocycles. The van der Waals surface area contributed by atoms with Crippen LogP contribution in [0.3, 0.4) is 0 Å². The maximum absolute atomic E-state index is 13.1. The number of aliphatic hydroxyl groups is 2. The van der Waals surface area contributed by atoms with Crippen molar-refractivity contribution in [1.29, 1.82) is 0 Å². The smallest absolute Gasteiger partial charge is 0.463 e. The summed E-state index contributed by atoms with van der Waals surface area (Å²) in [5, 5.41) is 20.8. The summed E-state index contributed by atoms with van der Waals surface area (Å²) >= 11 is 0. The van der Waals surface area contributed by atoms with E-state index in [0.29, 0.717) is 19.3 Å². The zero-order valence-corrected chi connectivity index (χ0v) is 81.0. The SMILES string of the molecule is CC/C=C\C/C=C\C/C=C\C/C=C\C/C=C\CCCCCCCCCCCCCCCCCCCC(=O)OCC(O)COP(=O)(O)OCC(O)COP(=O)(O)OCC(COC(=O)CCCCCCCCCCCCCCCCC/C=C\C/C=C\C/C=C\C/C=C\C/C=C\CC)OC(=O)CCCCCCCCCCC/C=C\C/C=C\C/C=C\C/C=C\C/C=C\CC. The van der Waals surface area contributed by atoms with E-state index in [2.05, 4.69) is 203 Å². The molecule has 0 spiro atoms. The maximum Gasteiger partial charge on any atom is 0.472 e. The van der Waals surface area contributed by atoms with E-state index in [1.54, 1.807) is 0 Å². The number of unbranched alkanes of at least 4 members (excludes halogenated alkanes) is 41. The number of phosphoric acid groups is 2. The number of carbonyl (C=O) groups excluding carboxylic acids is 3. The Bertz CT molecular complexity index is 3000. The van der Waals surface area contributed by atoms with Gasteiger partial charge in [-0.15, -0.1) is 0 Å². The van der Waals surface area contributed by atoms with Gasteiger partial charge < -0.3 is 34.2 Å². The van der Waals surface area contributed by atoms with Gasteiger partial charge in [-0.1, -0.05) is 428 Å². The van der Waals surface area contributed by atoms with Crippen molar-refractivity contribution in [3.05, 3.63) is 182 Å². The first-order chi connectivity index (χ1) is 61.2. The number of esters is 3. The molecule has 0 saturated carbocycles. The van der Waals surface area contributed by atoms with Crippen LogP contribution in [0.5, 0.6) is 0 Å². The second-order valence-corrected chi connectivity index (χ2v) is 36.0. The Morgan fingerprint density at radius 1 is 0.224 bits per heavy atom. The molecular formula is C107H182O16P2. The van der Waals surface area contributed by atoms with Crippen LogP contribution in [0.2, 0.25) is 0 Å². The van der Waals surface area contributed by atoms with E-state index in [0.717, 1.165) is 167 Å². The van der Waals surface area contributed by atoms with Crippen LogP contribution < -0.4 is 0 Å². The second-order valence-electron chi connectivity index (χ2n) is 33.1. The molecule has 0 radical (unpaired) electrons. The second kappa shape index (κ2) is 97.7. The largest absolute Gasteiger partial charge is 0.472 e. The van der Waals surface area contributed by atoms with Gasteiger partial charge in [0.2, 0.25) is 0 Å². The molecule has 0 aromatic heterocycles. The predicted molar refractivity (Wildman–Crippen MR) is 528 cm³/mol. The first-order valence-corrected chi connectivity index (χ1v) is 53.1. The normalized spacial score (nSPS) is 14.5. The molecule has 716 valence electrons. The van der Waals surface area contributed by atoms with Crippen LogP contribution >= 0.6 is 15.6 Å². The molecule has 0 amide bonds. The first kappa shape index (κ1) is 120. The third-order valence-corrected chi connectivity index (χ3v) is 23.0. The highest BCUT2D eigenvalue weighted by molar-refractivity contribution is 7.47. The van der Waals surface area contributed by atoms with E-state index in [1.165, 1.54) is 193 Å². The third-order valence-electron chi connectivity index (χ3n) is 21.1. The summed E-state index contributed by atoms with van der Waals surface area (Å²) in [5.41, 5.74) is 0. The number of aliphatic hydroxyl groups excluding tert-OH is 2. The predicted octanol–water partition coefficient (Wildman–Crippen LogP) is 31.6. The Hall–Kier alpha value is -5.35. The van der Waals surface area contributed by atoms with E-state index >= 15 is 0 Å². The van der Waals surface area contributed by atoms with Gasteiger partial charge in [0, 0.05) is 19.3 Å². The van der Waals surface area contributed by atoms with Crippen molar-refractivity contribution in [1.82, 2.24) is 0 Å². The molecule has 18 heteroatoms. The highest BCUT2D eigenvalue weighted by atomic mass is 31.2. The van der Waals surface area contributed by atoms with Gasteiger partial charge in [-0.05, 0) is 154 Å². The van der Waals surface area contributed by atoms with Gasteiger partial charge in [0.25, 0.3) is 0 Å². The molecule has 125 heavy (non-hydrogen) atoms. The standard InChI is InChI=1S/C107H182O16P2/c1-4-7-10-13-16-19-22-25-28-31-34-37-40-43-45-47-49-50-52-54-55-58-60-63-66-69-72-75-78-81-84-87-90-93-105(110)117-96-102(108)97-119-124(113,114)120-98-103(109)99-121-125(115,116)122-101-104(123-107(112)95-92-89-86-83-80-77-74-71-68-65-62-57-42-39-36-33-30-27-24-21-18-15-12-9-6-3)100-118-106(111)94-91-88-85-82-79-76-73-70-67-64-61-59-56-53-51-48-46-44-41-38-35-32-29-26-23-20-17-14-11-8-5-2/h7-12,16-21,25-30,34-39,43-46,57,62,102-104,108-109H,4-6,13-15,22-24,31-33,40-42,47-56,58-61,63-101H2,1-3H3,(H,113,114)(H,115,116)/b10-7-,11-8-,12-9-,19-16-,20-17-,21-18-,28-25-,29-26-,30-27-,37-34-,38-35-,39-36-,45-43-,46-44-,62-57-. The molecule has 0 bridgehead atoms. The van der Waals surface area contributed by atoms with Crippen molar-refractivity contribution < 1.29 is 75.8 Å². The number of hydrogen-bond acceptors (Lipinski definition) is 14. The minimum absolute atomic E-state index is 0.0935. The molecule has 5 unspecified atom stereocenters.